The molecular weight excluding hydrogens is 421 g/mol. The standard InChI is InChI=1S/C23H23F3N4O2/c1-3-5-20(32)18-8-7-16(12-15(18)2)19-13-28-22-21(27-10-9-23(24,25)26)29-17(6-4-11-31)14-30(19)22/h7-8,12-14,31H,3,5,9-11H2,1-2H3,(H,27,29). The summed E-state index contributed by atoms with van der Waals surface area (Å²) in [6.45, 7) is 3.07. The van der Waals surface area contributed by atoms with Gasteiger partial charge in [0.1, 0.15) is 12.3 Å². The van der Waals surface area contributed by atoms with E-state index in [9.17, 15) is 18.0 Å². The van der Waals surface area contributed by atoms with Crippen LogP contribution in [0, 0.1) is 18.8 Å². The van der Waals surface area contributed by atoms with Crippen molar-refractivity contribution >= 4 is 17.2 Å². The van der Waals surface area contributed by atoms with Crippen LogP contribution in [-0.2, 0) is 0 Å². The molecule has 0 saturated heterocycles. The van der Waals surface area contributed by atoms with E-state index in [1.54, 1.807) is 22.9 Å². The monoisotopic (exact) mass is 444 g/mol. The van der Waals surface area contributed by atoms with Crippen LogP contribution < -0.4 is 5.32 Å². The highest BCUT2D eigenvalue weighted by Crippen LogP contribution is 2.27. The molecule has 0 bridgehead atoms. The first-order valence-corrected chi connectivity index (χ1v) is 10.2. The molecule has 0 aliphatic rings. The zero-order valence-electron chi connectivity index (χ0n) is 17.8. The molecule has 0 radical (unpaired) electrons. The van der Waals surface area contributed by atoms with E-state index in [-0.39, 0.29) is 30.4 Å². The minimum absolute atomic E-state index is 0.0802. The molecule has 0 saturated carbocycles. The first-order chi connectivity index (χ1) is 15.2. The molecule has 3 rings (SSSR count). The minimum Gasteiger partial charge on any atom is -0.384 e. The molecule has 0 unspecified atom stereocenters. The lowest BCUT2D eigenvalue weighted by Crippen LogP contribution is -2.16. The number of Topliss-reactive ketones (excluding diaryl/α,β-unsaturated/α-hetero) is 1. The fraction of sp³-hybridized carbons (Fsp3) is 0.348. The van der Waals surface area contributed by atoms with E-state index in [1.807, 2.05) is 26.0 Å². The number of nitrogens with zero attached hydrogens (tertiary/aromatic N) is 3. The van der Waals surface area contributed by atoms with Crippen molar-refractivity contribution in [1.29, 1.82) is 0 Å². The number of aryl methyl sites for hydroxylation is 1. The van der Waals surface area contributed by atoms with E-state index < -0.39 is 12.6 Å². The van der Waals surface area contributed by atoms with Crippen LogP contribution in [0.5, 0.6) is 0 Å². The molecule has 0 fully saturated rings. The van der Waals surface area contributed by atoms with Crippen LogP contribution in [0.25, 0.3) is 16.9 Å². The Morgan fingerprint density at radius 3 is 2.75 bits per heavy atom. The van der Waals surface area contributed by atoms with Crippen LogP contribution in [0.3, 0.4) is 0 Å². The van der Waals surface area contributed by atoms with Gasteiger partial charge in [-0.15, -0.1) is 0 Å². The summed E-state index contributed by atoms with van der Waals surface area (Å²) >= 11 is 0. The maximum absolute atomic E-state index is 12.6. The van der Waals surface area contributed by atoms with Crippen LogP contribution in [-0.4, -0.2) is 44.6 Å². The molecule has 2 aromatic heterocycles. The quantitative estimate of drug-likeness (QED) is 0.417. The fourth-order valence-electron chi connectivity index (χ4n) is 3.33. The molecule has 0 spiro atoms. The van der Waals surface area contributed by atoms with Crippen LogP contribution in [0.2, 0.25) is 0 Å². The predicted molar refractivity (Wildman–Crippen MR) is 116 cm³/mol. The third kappa shape index (κ3) is 5.45. The summed E-state index contributed by atoms with van der Waals surface area (Å²) in [7, 11) is 0. The molecule has 0 atom stereocenters. The molecule has 3 aromatic rings. The van der Waals surface area contributed by atoms with Crippen molar-refractivity contribution in [1.82, 2.24) is 14.4 Å². The largest absolute Gasteiger partial charge is 0.390 e. The summed E-state index contributed by atoms with van der Waals surface area (Å²) in [5.74, 6) is 5.42. The minimum atomic E-state index is -4.30. The lowest BCUT2D eigenvalue weighted by Gasteiger charge is -2.11. The Labute approximate surface area is 183 Å². The Morgan fingerprint density at radius 2 is 2.09 bits per heavy atom. The average Bonchev–Trinajstić information content (AvgIpc) is 3.15. The molecular formula is C23H23F3N4O2. The zero-order valence-corrected chi connectivity index (χ0v) is 17.8. The molecule has 0 aliphatic carbocycles. The zero-order chi connectivity index (χ0) is 23.3. The topological polar surface area (TPSA) is 79.5 Å². The Bertz CT molecular complexity index is 1190. The number of aliphatic hydroxyl groups is 1. The van der Waals surface area contributed by atoms with Gasteiger partial charge in [-0.3, -0.25) is 9.20 Å². The van der Waals surface area contributed by atoms with Crippen molar-refractivity contribution in [3.63, 3.8) is 0 Å². The number of rotatable bonds is 7. The number of nitrogens with one attached hydrogen (secondary N) is 1. The number of benzene rings is 1. The molecule has 0 amide bonds. The number of carbonyl (C=O) groups excluding carboxylic acids is 1. The van der Waals surface area contributed by atoms with Crippen LogP contribution >= 0.6 is 0 Å². The molecule has 168 valence electrons. The third-order valence-electron chi connectivity index (χ3n) is 4.79. The van der Waals surface area contributed by atoms with E-state index in [0.717, 1.165) is 17.5 Å². The van der Waals surface area contributed by atoms with Crippen molar-refractivity contribution in [2.24, 2.45) is 0 Å². The number of imidazole rings is 1. The number of hydrogen-bond acceptors (Lipinski definition) is 5. The van der Waals surface area contributed by atoms with Gasteiger partial charge < -0.3 is 10.4 Å². The number of fused-ring (bicyclic) bond motifs is 1. The first kappa shape index (κ1) is 23.3. The van der Waals surface area contributed by atoms with Crippen molar-refractivity contribution in [2.75, 3.05) is 18.5 Å². The maximum atomic E-state index is 12.6. The second kappa shape index (κ2) is 9.83. The fourth-order valence-corrected chi connectivity index (χ4v) is 3.33. The molecule has 2 heterocycles. The second-order valence-electron chi connectivity index (χ2n) is 7.27. The number of aliphatic hydroxyl groups excluding tert-OH is 1. The van der Waals surface area contributed by atoms with Crippen LogP contribution in [0.1, 0.15) is 47.8 Å². The number of aromatic nitrogens is 3. The third-order valence-corrected chi connectivity index (χ3v) is 4.79. The molecule has 0 aliphatic heterocycles. The van der Waals surface area contributed by atoms with E-state index in [0.29, 0.717) is 23.3 Å². The highest BCUT2D eigenvalue weighted by molar-refractivity contribution is 5.97. The Balaban J connectivity index is 2.04. The SMILES string of the molecule is CCCC(=O)c1ccc(-c2cnc3c(NCCC(F)(F)F)nc(C#CCO)cn23)cc1C. The van der Waals surface area contributed by atoms with Crippen molar-refractivity contribution in [3.05, 3.63) is 47.4 Å². The summed E-state index contributed by atoms with van der Waals surface area (Å²) in [6.07, 6.45) is -0.873. The van der Waals surface area contributed by atoms with Crippen molar-refractivity contribution in [2.45, 2.75) is 39.3 Å². The summed E-state index contributed by atoms with van der Waals surface area (Å²) in [6, 6.07) is 5.47. The summed E-state index contributed by atoms with van der Waals surface area (Å²) < 4.78 is 39.4. The lowest BCUT2D eigenvalue weighted by molar-refractivity contribution is -0.131. The second-order valence-corrected chi connectivity index (χ2v) is 7.27. The number of halogens is 3. The normalized spacial score (nSPS) is 11.3. The Hall–Kier alpha value is -3.38. The molecule has 1 aromatic carbocycles. The maximum Gasteiger partial charge on any atom is 0.390 e. The highest BCUT2D eigenvalue weighted by Gasteiger charge is 2.26. The van der Waals surface area contributed by atoms with Gasteiger partial charge in [-0.05, 0) is 30.9 Å². The van der Waals surface area contributed by atoms with Gasteiger partial charge in [-0.2, -0.15) is 13.2 Å². The van der Waals surface area contributed by atoms with Gasteiger partial charge in [0.25, 0.3) is 0 Å². The first-order valence-electron chi connectivity index (χ1n) is 10.2. The molecule has 32 heavy (non-hydrogen) atoms. The van der Waals surface area contributed by atoms with E-state index in [4.69, 9.17) is 5.11 Å². The molecule has 6 nitrogen and oxygen atoms in total. The average molecular weight is 444 g/mol. The van der Waals surface area contributed by atoms with Gasteiger partial charge >= 0.3 is 6.18 Å². The van der Waals surface area contributed by atoms with Gasteiger partial charge in [-0.1, -0.05) is 25.0 Å². The molecule has 2 N–H and O–H groups in total. The number of ketones is 1. The highest BCUT2D eigenvalue weighted by atomic mass is 19.4. The Morgan fingerprint density at radius 1 is 1.31 bits per heavy atom. The van der Waals surface area contributed by atoms with Crippen LogP contribution in [0.4, 0.5) is 19.0 Å². The van der Waals surface area contributed by atoms with Gasteiger partial charge in [-0.25, -0.2) is 9.97 Å². The number of alkyl halides is 3. The predicted octanol–water partition coefficient (Wildman–Crippen LogP) is 4.40. The van der Waals surface area contributed by atoms with Gasteiger partial charge in [0, 0.05) is 30.3 Å². The van der Waals surface area contributed by atoms with E-state index >= 15 is 0 Å². The Kier molecular flexibility index (Phi) is 7.15. The number of anilines is 1. The summed E-state index contributed by atoms with van der Waals surface area (Å²) in [5.41, 5.74) is 3.57. The van der Waals surface area contributed by atoms with E-state index in [1.165, 1.54) is 0 Å². The van der Waals surface area contributed by atoms with Crippen LogP contribution in [0.15, 0.2) is 30.6 Å². The van der Waals surface area contributed by atoms with E-state index in [2.05, 4.69) is 27.1 Å². The van der Waals surface area contributed by atoms with Crippen molar-refractivity contribution < 1.29 is 23.1 Å². The summed E-state index contributed by atoms with van der Waals surface area (Å²) in [5, 5.41) is 11.7. The van der Waals surface area contributed by atoms with Gasteiger partial charge in [0.05, 0.1) is 18.3 Å². The van der Waals surface area contributed by atoms with Gasteiger partial charge in [0.15, 0.2) is 17.2 Å². The van der Waals surface area contributed by atoms with Gasteiger partial charge in [0.2, 0.25) is 0 Å². The lowest BCUT2D eigenvalue weighted by atomic mass is 9.98. The molecule has 9 heteroatoms. The number of hydrogen-bond donors (Lipinski definition) is 2. The number of carbonyl (C=O) groups is 1. The smallest absolute Gasteiger partial charge is 0.384 e. The summed E-state index contributed by atoms with van der Waals surface area (Å²) in [4.78, 5) is 20.9. The van der Waals surface area contributed by atoms with Crippen molar-refractivity contribution in [3.8, 4) is 23.1 Å².